The first-order chi connectivity index (χ1) is 6.89. The third kappa shape index (κ3) is 7.47. The summed E-state index contributed by atoms with van der Waals surface area (Å²) >= 11 is 0. The minimum atomic E-state index is -3.33. The summed E-state index contributed by atoms with van der Waals surface area (Å²) in [7, 11) is -1.82. The van der Waals surface area contributed by atoms with Crippen LogP contribution in [0, 0.1) is 5.92 Å². The van der Waals surface area contributed by atoms with Gasteiger partial charge in [0.15, 0.2) is 0 Å². The molecule has 1 N–H and O–H groups in total. The monoisotopic (exact) mass is 237 g/mol. The van der Waals surface area contributed by atoms with E-state index >= 15 is 0 Å². The van der Waals surface area contributed by atoms with Crippen LogP contribution in [0.1, 0.15) is 20.3 Å². The van der Waals surface area contributed by atoms with Gasteiger partial charge in [-0.15, -0.1) is 0 Å². The first kappa shape index (κ1) is 14.5. The summed E-state index contributed by atoms with van der Waals surface area (Å²) in [6.45, 7) is 3.76. The molecule has 0 fully saturated rings. The topological polar surface area (TPSA) is 72.5 Å². The fourth-order valence-electron chi connectivity index (χ4n) is 0.851. The van der Waals surface area contributed by atoms with E-state index in [1.54, 1.807) is 13.8 Å². The van der Waals surface area contributed by atoms with Gasteiger partial charge in [0.25, 0.3) is 0 Å². The number of rotatable bonds is 8. The lowest BCUT2D eigenvalue weighted by atomic mass is 10.1. The van der Waals surface area contributed by atoms with Gasteiger partial charge in [-0.05, 0) is 6.42 Å². The van der Waals surface area contributed by atoms with Gasteiger partial charge >= 0.3 is 0 Å². The summed E-state index contributed by atoms with van der Waals surface area (Å²) in [5.74, 6) is -0.261. The van der Waals surface area contributed by atoms with Crippen LogP contribution >= 0.6 is 0 Å². The average molecular weight is 237 g/mol. The molecule has 0 radical (unpaired) electrons. The molecule has 0 rings (SSSR count). The van der Waals surface area contributed by atoms with Crippen molar-refractivity contribution in [3.05, 3.63) is 0 Å². The molecule has 0 bridgehead atoms. The Bertz CT molecular complexity index is 284. The first-order valence-electron chi connectivity index (χ1n) is 4.88. The van der Waals surface area contributed by atoms with E-state index in [2.05, 4.69) is 4.72 Å². The number of carbonyl (C=O) groups excluding carboxylic acids is 1. The van der Waals surface area contributed by atoms with E-state index in [-0.39, 0.29) is 24.0 Å². The highest BCUT2D eigenvalue weighted by atomic mass is 32.2. The van der Waals surface area contributed by atoms with Crippen molar-refractivity contribution in [1.29, 1.82) is 0 Å². The third-order valence-electron chi connectivity index (χ3n) is 1.87. The predicted octanol–water partition coefficient (Wildman–Crippen LogP) is 0.167. The molecule has 0 saturated heterocycles. The summed E-state index contributed by atoms with van der Waals surface area (Å²) in [4.78, 5) is 11.2. The van der Waals surface area contributed by atoms with Gasteiger partial charge < -0.3 is 4.74 Å². The summed E-state index contributed by atoms with van der Waals surface area (Å²) in [5, 5.41) is 0. The van der Waals surface area contributed by atoms with E-state index in [9.17, 15) is 13.2 Å². The number of carbonyl (C=O) groups is 1. The van der Waals surface area contributed by atoms with E-state index in [4.69, 9.17) is 4.74 Å². The number of hydrogen-bond acceptors (Lipinski definition) is 4. The molecular weight excluding hydrogens is 218 g/mol. The molecule has 0 aliphatic carbocycles. The van der Waals surface area contributed by atoms with Crippen LogP contribution in [0.5, 0.6) is 0 Å². The third-order valence-corrected chi connectivity index (χ3v) is 3.28. The minimum absolute atomic E-state index is 0.00772. The average Bonchev–Trinajstić information content (AvgIpc) is 2.14. The largest absolute Gasteiger partial charge is 0.385 e. The Kier molecular flexibility index (Phi) is 6.71. The van der Waals surface area contributed by atoms with E-state index in [1.165, 1.54) is 7.11 Å². The lowest BCUT2D eigenvalue weighted by molar-refractivity contribution is -0.120. The number of Topliss-reactive ketones (excluding diaryl/α,β-unsaturated/α-hetero) is 1. The standard InChI is InChI=1S/C9H19NO4S/c1-8(2)9(11)7-10-15(12,13)6-4-5-14-3/h8,10H,4-7H2,1-3H3. The van der Waals surface area contributed by atoms with Gasteiger partial charge in [0, 0.05) is 19.6 Å². The van der Waals surface area contributed by atoms with Crippen LogP contribution in [0.25, 0.3) is 0 Å². The molecule has 6 heteroatoms. The molecule has 5 nitrogen and oxygen atoms in total. The number of sulfonamides is 1. The van der Waals surface area contributed by atoms with E-state index in [0.29, 0.717) is 13.0 Å². The van der Waals surface area contributed by atoms with Crippen molar-refractivity contribution in [2.75, 3.05) is 26.0 Å². The predicted molar refractivity (Wildman–Crippen MR) is 58.1 cm³/mol. The maximum atomic E-state index is 11.3. The molecule has 0 unspecified atom stereocenters. The Morgan fingerprint density at radius 3 is 2.47 bits per heavy atom. The molecule has 0 aliphatic rings. The van der Waals surface area contributed by atoms with Gasteiger partial charge in [-0.25, -0.2) is 13.1 Å². The Morgan fingerprint density at radius 1 is 1.40 bits per heavy atom. The van der Waals surface area contributed by atoms with Crippen molar-refractivity contribution in [2.24, 2.45) is 5.92 Å². The van der Waals surface area contributed by atoms with Crippen molar-refractivity contribution in [1.82, 2.24) is 4.72 Å². The van der Waals surface area contributed by atoms with Gasteiger partial charge in [-0.3, -0.25) is 4.79 Å². The molecular formula is C9H19NO4S. The van der Waals surface area contributed by atoms with Crippen LogP contribution in [0.2, 0.25) is 0 Å². The first-order valence-corrected chi connectivity index (χ1v) is 6.53. The maximum absolute atomic E-state index is 11.3. The summed E-state index contributed by atoms with van der Waals surface area (Å²) < 4.78 is 29.6. The molecule has 90 valence electrons. The maximum Gasteiger partial charge on any atom is 0.212 e. The van der Waals surface area contributed by atoms with Crippen LogP contribution in [0.4, 0.5) is 0 Å². The van der Waals surface area contributed by atoms with Crippen molar-refractivity contribution >= 4 is 15.8 Å². The SMILES string of the molecule is COCCCS(=O)(=O)NCC(=O)C(C)C. The Labute approximate surface area is 91.2 Å². The zero-order valence-electron chi connectivity index (χ0n) is 9.45. The highest BCUT2D eigenvalue weighted by molar-refractivity contribution is 7.89. The zero-order valence-corrected chi connectivity index (χ0v) is 10.3. The van der Waals surface area contributed by atoms with Crippen molar-refractivity contribution in [3.63, 3.8) is 0 Å². The second-order valence-electron chi connectivity index (χ2n) is 3.61. The van der Waals surface area contributed by atoms with E-state index < -0.39 is 10.0 Å². The van der Waals surface area contributed by atoms with Gasteiger partial charge in [-0.2, -0.15) is 0 Å². The molecule has 0 heterocycles. The fraction of sp³-hybridized carbons (Fsp3) is 0.889. The summed E-state index contributed by atoms with van der Waals surface area (Å²) in [5.41, 5.74) is 0. The minimum Gasteiger partial charge on any atom is -0.385 e. The van der Waals surface area contributed by atoms with Gasteiger partial charge in [0.1, 0.15) is 5.78 Å². The number of hydrogen-bond donors (Lipinski definition) is 1. The number of ketones is 1. The smallest absolute Gasteiger partial charge is 0.212 e. The lowest BCUT2D eigenvalue weighted by Crippen LogP contribution is -2.33. The Hall–Kier alpha value is -0.460. The fourth-order valence-corrected chi connectivity index (χ4v) is 1.86. The molecule has 0 atom stereocenters. The molecule has 0 spiro atoms. The molecule has 0 aromatic carbocycles. The Morgan fingerprint density at radius 2 is 2.00 bits per heavy atom. The summed E-state index contributed by atoms with van der Waals surface area (Å²) in [6, 6.07) is 0. The molecule has 15 heavy (non-hydrogen) atoms. The molecule has 0 aliphatic heterocycles. The highest BCUT2D eigenvalue weighted by Crippen LogP contribution is 1.95. The highest BCUT2D eigenvalue weighted by Gasteiger charge is 2.13. The van der Waals surface area contributed by atoms with Gasteiger partial charge in [-0.1, -0.05) is 13.8 Å². The zero-order chi connectivity index (χ0) is 11.9. The lowest BCUT2D eigenvalue weighted by Gasteiger charge is -2.07. The molecule has 0 saturated carbocycles. The van der Waals surface area contributed by atoms with Crippen LogP contribution in [-0.2, 0) is 19.6 Å². The summed E-state index contributed by atoms with van der Waals surface area (Å²) in [6.07, 6.45) is 0.432. The van der Waals surface area contributed by atoms with Gasteiger partial charge in [0.2, 0.25) is 10.0 Å². The number of methoxy groups -OCH3 is 1. The van der Waals surface area contributed by atoms with Gasteiger partial charge in [0.05, 0.1) is 12.3 Å². The normalized spacial score (nSPS) is 12.0. The molecule has 0 aromatic rings. The van der Waals surface area contributed by atoms with Crippen LogP contribution < -0.4 is 4.72 Å². The van der Waals surface area contributed by atoms with E-state index in [1.807, 2.05) is 0 Å². The van der Waals surface area contributed by atoms with Crippen LogP contribution in [-0.4, -0.2) is 40.2 Å². The van der Waals surface area contributed by atoms with E-state index in [0.717, 1.165) is 0 Å². The van der Waals surface area contributed by atoms with Crippen LogP contribution in [0.15, 0.2) is 0 Å². The van der Waals surface area contributed by atoms with Crippen molar-refractivity contribution in [3.8, 4) is 0 Å². The second kappa shape index (κ2) is 6.92. The van der Waals surface area contributed by atoms with Crippen molar-refractivity contribution in [2.45, 2.75) is 20.3 Å². The number of ether oxygens (including phenoxy) is 1. The second-order valence-corrected chi connectivity index (χ2v) is 5.53. The Balaban J connectivity index is 3.89. The quantitative estimate of drug-likeness (QED) is 0.611. The van der Waals surface area contributed by atoms with Crippen LogP contribution in [0.3, 0.4) is 0 Å². The van der Waals surface area contributed by atoms with Crippen molar-refractivity contribution < 1.29 is 17.9 Å². The number of nitrogens with one attached hydrogen (secondary N) is 1. The molecule has 0 aromatic heterocycles. The molecule has 0 amide bonds.